The molecule has 310 valence electrons. The number of phenolic OH excluding ortho intramolecular Hbond substituents is 1. The van der Waals surface area contributed by atoms with Crippen LogP contribution in [0.4, 0.5) is 0 Å². The van der Waals surface area contributed by atoms with Crippen molar-refractivity contribution >= 4 is 43.0 Å². The second kappa shape index (κ2) is 17.5. The van der Waals surface area contributed by atoms with Crippen LogP contribution >= 0.6 is 31.0 Å². The molecule has 0 aliphatic heterocycles. The quantitative estimate of drug-likeness (QED) is 0.0568. The molecule has 3 aromatic rings. The topological polar surface area (TPSA) is 111 Å². The predicted octanol–water partition coefficient (Wildman–Crippen LogP) is 12.3. The van der Waals surface area contributed by atoms with Gasteiger partial charge in [0.25, 0.3) is 0 Å². The van der Waals surface area contributed by atoms with Crippen LogP contribution in [0.1, 0.15) is 140 Å². The number of aromatic hydroxyl groups is 1. The van der Waals surface area contributed by atoms with E-state index < -0.39 is 42.5 Å². The molecule has 0 saturated carbocycles. The lowest BCUT2D eigenvalue weighted by molar-refractivity contribution is -0.149. The van der Waals surface area contributed by atoms with Gasteiger partial charge in [-0.25, -0.2) is 5.09 Å². The molecule has 11 heteroatoms. The normalized spacial score (nSPS) is 14.6. The van der Waals surface area contributed by atoms with E-state index in [2.05, 4.69) is 126 Å². The molecule has 0 spiro atoms. The SMILES string of the molecule is CC(C)OC(=O)[C@H](C)NP(=O)(CC(=O)Oc1c(C(C)(C)C)cc(SC(C)(C)Sc2cc(C(C)(C)C)c(O)c(C(C)(C)C)c2)cc1C(C)(C)C)Oc1ccccc1. The number of hydrogen-bond donors (Lipinski definition) is 2. The zero-order valence-electron chi connectivity index (χ0n) is 36.7. The summed E-state index contributed by atoms with van der Waals surface area (Å²) in [5, 5.41) is 14.1. The van der Waals surface area contributed by atoms with Gasteiger partial charge < -0.3 is 19.1 Å². The molecule has 0 radical (unpaired) electrons. The summed E-state index contributed by atoms with van der Waals surface area (Å²) in [5.74, 6) is -0.308. The van der Waals surface area contributed by atoms with Crippen LogP contribution in [0, 0.1) is 0 Å². The number of esters is 2. The summed E-state index contributed by atoms with van der Waals surface area (Å²) >= 11 is 3.48. The third-order valence-electron chi connectivity index (χ3n) is 8.75. The lowest BCUT2D eigenvalue weighted by Gasteiger charge is -2.32. The number of para-hydroxylation sites is 1. The molecule has 0 heterocycles. The molecular weight excluding hydrogens is 762 g/mol. The Balaban J connectivity index is 2.06. The Morgan fingerprint density at radius 2 is 1.11 bits per heavy atom. The molecule has 56 heavy (non-hydrogen) atoms. The van der Waals surface area contributed by atoms with Crippen molar-refractivity contribution in [2.45, 2.75) is 165 Å². The summed E-state index contributed by atoms with van der Waals surface area (Å²) in [6, 6.07) is 15.9. The number of thioether (sulfide) groups is 2. The van der Waals surface area contributed by atoms with Crippen molar-refractivity contribution in [1.82, 2.24) is 5.09 Å². The predicted molar refractivity (Wildman–Crippen MR) is 234 cm³/mol. The molecule has 2 atom stereocenters. The Hall–Kier alpha value is -2.91. The number of hydrogen-bond acceptors (Lipinski definition) is 9. The third kappa shape index (κ3) is 13.3. The minimum absolute atomic E-state index is 0.246. The van der Waals surface area contributed by atoms with Crippen LogP contribution in [0.3, 0.4) is 0 Å². The highest BCUT2D eigenvalue weighted by atomic mass is 32.2. The first-order valence-electron chi connectivity index (χ1n) is 19.3. The summed E-state index contributed by atoms with van der Waals surface area (Å²) in [4.78, 5) is 28.8. The van der Waals surface area contributed by atoms with Crippen molar-refractivity contribution in [3.63, 3.8) is 0 Å². The van der Waals surface area contributed by atoms with Crippen LogP contribution in [0.5, 0.6) is 17.2 Å². The average molecular weight is 828 g/mol. The smallest absolute Gasteiger partial charge is 0.328 e. The highest BCUT2D eigenvalue weighted by Crippen LogP contribution is 2.52. The maximum absolute atomic E-state index is 14.4. The zero-order valence-corrected chi connectivity index (χ0v) is 39.2. The van der Waals surface area contributed by atoms with Crippen LogP contribution < -0.4 is 14.3 Å². The van der Waals surface area contributed by atoms with Gasteiger partial charge in [0.05, 0.1) is 10.2 Å². The van der Waals surface area contributed by atoms with Crippen molar-refractivity contribution in [1.29, 1.82) is 0 Å². The maximum Gasteiger partial charge on any atom is 0.328 e. The molecular formula is C45H66NO7PS2. The fraction of sp³-hybridized carbons (Fsp3) is 0.556. The molecule has 0 aliphatic carbocycles. The Bertz CT molecular complexity index is 1840. The molecule has 0 bridgehead atoms. The molecule has 2 N–H and O–H groups in total. The van der Waals surface area contributed by atoms with Gasteiger partial charge in [0.15, 0.2) is 0 Å². The van der Waals surface area contributed by atoms with Crippen molar-refractivity contribution in [3.8, 4) is 17.2 Å². The summed E-state index contributed by atoms with van der Waals surface area (Å²) in [6.45, 7) is 34.5. The number of carbonyl (C=O) groups excluding carboxylic acids is 2. The van der Waals surface area contributed by atoms with Crippen molar-refractivity contribution < 1.29 is 33.3 Å². The fourth-order valence-corrected chi connectivity index (χ4v) is 10.4. The lowest BCUT2D eigenvalue weighted by Crippen LogP contribution is -2.37. The molecule has 0 aromatic heterocycles. The van der Waals surface area contributed by atoms with Gasteiger partial charge in [-0.2, -0.15) is 0 Å². The summed E-state index contributed by atoms with van der Waals surface area (Å²) < 4.78 is 31.6. The van der Waals surface area contributed by atoms with Gasteiger partial charge in [0.1, 0.15) is 29.5 Å². The highest BCUT2D eigenvalue weighted by Gasteiger charge is 2.37. The van der Waals surface area contributed by atoms with E-state index in [0.717, 1.165) is 32.0 Å². The molecule has 0 aliphatic rings. The van der Waals surface area contributed by atoms with Gasteiger partial charge in [0.2, 0.25) is 0 Å². The molecule has 8 nitrogen and oxygen atoms in total. The average Bonchev–Trinajstić information content (AvgIpc) is 2.99. The first-order chi connectivity index (χ1) is 25.3. The van der Waals surface area contributed by atoms with Crippen LogP contribution in [-0.4, -0.2) is 39.4 Å². The van der Waals surface area contributed by atoms with E-state index in [1.165, 1.54) is 6.92 Å². The van der Waals surface area contributed by atoms with Crippen molar-refractivity contribution in [2.24, 2.45) is 0 Å². The van der Waals surface area contributed by atoms with Gasteiger partial charge in [0, 0.05) is 32.0 Å². The van der Waals surface area contributed by atoms with E-state index in [4.69, 9.17) is 14.0 Å². The first-order valence-corrected chi connectivity index (χ1v) is 22.7. The van der Waals surface area contributed by atoms with Crippen molar-refractivity contribution in [2.75, 3.05) is 6.16 Å². The van der Waals surface area contributed by atoms with Crippen molar-refractivity contribution in [3.05, 3.63) is 76.9 Å². The van der Waals surface area contributed by atoms with Gasteiger partial charge >= 0.3 is 19.5 Å². The number of phenols is 1. The molecule has 0 fully saturated rings. The van der Waals surface area contributed by atoms with E-state index in [9.17, 15) is 19.3 Å². The van der Waals surface area contributed by atoms with Gasteiger partial charge in [-0.05, 0) is 92.7 Å². The fourth-order valence-electron chi connectivity index (χ4n) is 6.04. The summed E-state index contributed by atoms with van der Waals surface area (Å²) in [5.41, 5.74) is 2.12. The minimum atomic E-state index is -4.05. The van der Waals surface area contributed by atoms with E-state index in [0.29, 0.717) is 11.5 Å². The molecule has 3 rings (SSSR count). The number of rotatable bonds is 13. The maximum atomic E-state index is 14.4. The Morgan fingerprint density at radius 3 is 1.50 bits per heavy atom. The minimum Gasteiger partial charge on any atom is -0.507 e. The number of ether oxygens (including phenoxy) is 2. The molecule has 3 aromatic carbocycles. The molecule has 0 saturated heterocycles. The summed E-state index contributed by atoms with van der Waals surface area (Å²) in [6.07, 6.45) is -1.01. The van der Waals surface area contributed by atoms with Crippen LogP contribution in [-0.2, 0) is 40.6 Å². The van der Waals surface area contributed by atoms with E-state index in [1.807, 2.05) is 0 Å². The van der Waals surface area contributed by atoms with Crippen LogP contribution in [0.25, 0.3) is 0 Å². The van der Waals surface area contributed by atoms with Crippen LogP contribution in [0.15, 0.2) is 64.4 Å². The zero-order chi connectivity index (χ0) is 42.8. The van der Waals surface area contributed by atoms with E-state index >= 15 is 0 Å². The van der Waals surface area contributed by atoms with Gasteiger partial charge in [-0.15, -0.1) is 23.5 Å². The number of benzene rings is 3. The third-order valence-corrected chi connectivity index (χ3v) is 13.1. The Morgan fingerprint density at radius 1 is 0.696 bits per heavy atom. The lowest BCUT2D eigenvalue weighted by atomic mass is 9.79. The Kier molecular flexibility index (Phi) is 14.9. The summed E-state index contributed by atoms with van der Waals surface area (Å²) in [7, 11) is -4.05. The monoisotopic (exact) mass is 827 g/mol. The highest BCUT2D eigenvalue weighted by molar-refractivity contribution is 8.18. The second-order valence-electron chi connectivity index (χ2n) is 19.4. The second-order valence-corrected chi connectivity index (χ2v) is 25.1. The standard InChI is InChI=1S/C45H66NO7PS2/c1-28(2)51-40(49)29(3)46-54(50,53-30-21-19-18-20-22-30)27-37(47)52-39-35(43(10,11)12)25-32(26-36(39)44(13,14)15)56-45(16,17)55-31-23-33(41(4,5)6)38(48)34(24-31)42(7,8)9/h18-26,28-29,48H,27H2,1-17H3,(H,46,50)/t29-,54?/m0/s1. The molecule has 1 unspecified atom stereocenters. The first kappa shape index (κ1) is 47.5. The number of carbonyl (C=O) groups is 2. The van der Waals surface area contributed by atoms with E-state index in [1.54, 1.807) is 67.7 Å². The van der Waals surface area contributed by atoms with Gasteiger partial charge in [-0.3, -0.25) is 14.2 Å². The Labute approximate surface area is 345 Å². The largest absolute Gasteiger partial charge is 0.507 e. The van der Waals surface area contributed by atoms with Crippen LogP contribution in [0.2, 0.25) is 0 Å². The van der Waals surface area contributed by atoms with Gasteiger partial charge in [-0.1, -0.05) is 101 Å². The van der Waals surface area contributed by atoms with E-state index in [-0.39, 0.29) is 26.8 Å². The molecule has 0 amide bonds. The number of nitrogens with one attached hydrogen (secondary N) is 1.